The van der Waals surface area contributed by atoms with Crippen LogP contribution in [-0.4, -0.2) is 73.4 Å². The second kappa shape index (κ2) is 11.6. The molecule has 0 amide bonds. The number of hydrogen-bond donors (Lipinski definition) is 2. The number of esters is 2. The first kappa shape index (κ1) is 29.8. The number of halogens is 2. The van der Waals surface area contributed by atoms with Crippen molar-refractivity contribution in [2.75, 3.05) is 62.2 Å². The van der Waals surface area contributed by atoms with Gasteiger partial charge in [0.25, 0.3) is 0 Å². The highest BCUT2D eigenvalue weighted by Gasteiger charge is 2.32. The minimum atomic E-state index is -1.24. The van der Waals surface area contributed by atoms with E-state index in [4.69, 9.17) is 4.74 Å². The van der Waals surface area contributed by atoms with Crippen molar-refractivity contribution in [3.63, 3.8) is 0 Å². The molecule has 13 heteroatoms. The van der Waals surface area contributed by atoms with Gasteiger partial charge in [-0.3, -0.25) is 9.59 Å². The molecule has 2 aliphatic carbocycles. The summed E-state index contributed by atoms with van der Waals surface area (Å²) in [6, 6.07) is 5.61. The Morgan fingerprint density at radius 3 is 1.38 bits per heavy atom. The van der Waals surface area contributed by atoms with Crippen LogP contribution < -0.4 is 31.3 Å². The predicted octanol–water partition coefficient (Wildman–Crippen LogP) is 3.08. The number of benzene rings is 2. The zero-order chi connectivity index (χ0) is 32.4. The van der Waals surface area contributed by atoms with Crippen LogP contribution >= 0.6 is 0 Å². The molecule has 2 aromatic carbocycles. The number of ether oxygens (including phenoxy) is 1. The molecule has 47 heavy (non-hydrogen) atoms. The molecule has 8 rings (SSSR count). The van der Waals surface area contributed by atoms with Crippen LogP contribution in [0.25, 0.3) is 21.8 Å². The minimum absolute atomic E-state index is 0.00717. The number of nitrogens with zero attached hydrogens (tertiary/aromatic N) is 4. The first-order valence-electron chi connectivity index (χ1n) is 16.2. The first-order chi connectivity index (χ1) is 22.8. The van der Waals surface area contributed by atoms with Gasteiger partial charge in [0.05, 0.1) is 22.4 Å². The molecule has 2 aromatic heterocycles. The van der Waals surface area contributed by atoms with Gasteiger partial charge in [-0.15, -0.1) is 0 Å². The molecule has 0 spiro atoms. The minimum Gasteiger partial charge on any atom is -0.385 e. The summed E-state index contributed by atoms with van der Waals surface area (Å²) in [5.74, 6) is -3.63. The summed E-state index contributed by atoms with van der Waals surface area (Å²) < 4.78 is 39.5. The lowest BCUT2D eigenvalue weighted by molar-refractivity contribution is 0.0395. The first-order valence-corrected chi connectivity index (χ1v) is 16.2. The smallest absolute Gasteiger partial charge is 0.351 e. The summed E-state index contributed by atoms with van der Waals surface area (Å²) in [7, 11) is 0. The topological polar surface area (TPSA) is 118 Å². The Morgan fingerprint density at radius 2 is 1.02 bits per heavy atom. The van der Waals surface area contributed by atoms with Crippen LogP contribution in [0.4, 0.5) is 20.2 Å². The maximum atomic E-state index is 15.4. The van der Waals surface area contributed by atoms with Gasteiger partial charge in [-0.05, 0) is 49.9 Å². The van der Waals surface area contributed by atoms with Gasteiger partial charge in [-0.25, -0.2) is 18.4 Å². The maximum absolute atomic E-state index is 15.4. The van der Waals surface area contributed by atoms with Crippen LogP contribution in [-0.2, 0) is 4.74 Å². The number of aromatic nitrogens is 2. The quantitative estimate of drug-likeness (QED) is 0.241. The third kappa shape index (κ3) is 5.36. The van der Waals surface area contributed by atoms with Crippen LogP contribution in [0.5, 0.6) is 0 Å². The maximum Gasteiger partial charge on any atom is 0.351 e. The summed E-state index contributed by atoms with van der Waals surface area (Å²) in [5, 5.41) is 6.49. The van der Waals surface area contributed by atoms with Crippen LogP contribution in [0, 0.1) is 11.6 Å². The normalized spacial score (nSPS) is 18.6. The van der Waals surface area contributed by atoms with Crippen LogP contribution in [0.3, 0.4) is 0 Å². The molecule has 4 aromatic rings. The molecule has 2 saturated carbocycles. The van der Waals surface area contributed by atoms with E-state index in [2.05, 4.69) is 10.6 Å². The zero-order valence-corrected chi connectivity index (χ0v) is 25.7. The fourth-order valence-electron chi connectivity index (χ4n) is 6.81. The highest BCUT2D eigenvalue weighted by atomic mass is 19.1. The predicted molar refractivity (Wildman–Crippen MR) is 173 cm³/mol. The number of fused-ring (bicyclic) bond motifs is 2. The SMILES string of the molecule is O=C(OC(=O)c1cn(C2CC2)c2cc(N3CCNCC3)c(F)cc2c1=O)c1cn(C2CC2)c2cc(N3CCNCC3)c(F)cc2c1=O. The molecule has 244 valence electrons. The molecule has 0 unspecified atom stereocenters. The number of carbonyl (C=O) groups is 2. The van der Waals surface area contributed by atoms with Gasteiger partial charge in [0, 0.05) is 87.6 Å². The van der Waals surface area contributed by atoms with Gasteiger partial charge in [0.1, 0.15) is 22.8 Å². The molecule has 11 nitrogen and oxygen atoms in total. The fraction of sp³-hybridized carbons (Fsp3) is 0.412. The summed E-state index contributed by atoms with van der Waals surface area (Å²) in [6.45, 7) is 5.30. The lowest BCUT2D eigenvalue weighted by Crippen LogP contribution is -2.44. The van der Waals surface area contributed by atoms with E-state index >= 15 is 8.78 Å². The highest BCUT2D eigenvalue weighted by Crippen LogP contribution is 2.39. The second-order valence-electron chi connectivity index (χ2n) is 12.8. The number of anilines is 2. The molecule has 2 saturated heterocycles. The summed E-state index contributed by atoms with van der Waals surface area (Å²) in [6.07, 6.45) is 6.00. The lowest BCUT2D eigenvalue weighted by atomic mass is 10.1. The molecule has 4 aliphatic rings. The fourth-order valence-corrected chi connectivity index (χ4v) is 6.81. The van der Waals surface area contributed by atoms with Crippen molar-refractivity contribution in [3.05, 3.63) is 79.9 Å². The Bertz CT molecular complexity index is 1930. The average Bonchev–Trinajstić information content (AvgIpc) is 4.01. The standard InChI is InChI=1S/C34H34F2N6O5/c35-25-13-21-27(15-29(25)39-9-5-37-6-10-39)41(19-1-2-19)17-23(31(21)43)33(45)47-34(46)24-18-42(20-3-4-20)28-16-30(40-11-7-38-8-12-40)26(36)14-22(28)32(24)44/h13-20,37-38H,1-12H2. The molecule has 0 atom stereocenters. The number of carbonyl (C=O) groups excluding carboxylic acids is 2. The van der Waals surface area contributed by atoms with Gasteiger partial charge in [-0.1, -0.05) is 0 Å². The van der Waals surface area contributed by atoms with Gasteiger partial charge in [0.15, 0.2) is 0 Å². The molecule has 0 radical (unpaired) electrons. The molecular formula is C34H34F2N6O5. The molecular weight excluding hydrogens is 610 g/mol. The van der Waals surface area contributed by atoms with E-state index < -0.39 is 45.6 Å². The van der Waals surface area contributed by atoms with Crippen LogP contribution in [0.15, 0.2) is 46.2 Å². The summed E-state index contributed by atoms with van der Waals surface area (Å²) in [5.41, 5.74) is -0.618. The van der Waals surface area contributed by atoms with E-state index in [0.717, 1.165) is 37.8 Å². The molecule has 4 fully saturated rings. The van der Waals surface area contributed by atoms with E-state index in [1.165, 1.54) is 12.4 Å². The Kier molecular flexibility index (Phi) is 7.32. The number of nitrogens with one attached hydrogen (secondary N) is 2. The van der Waals surface area contributed by atoms with Crippen molar-refractivity contribution < 1.29 is 23.1 Å². The average molecular weight is 645 g/mol. The largest absolute Gasteiger partial charge is 0.385 e. The Morgan fingerprint density at radius 1 is 0.638 bits per heavy atom. The molecule has 0 bridgehead atoms. The van der Waals surface area contributed by atoms with Crippen molar-refractivity contribution >= 4 is 45.1 Å². The van der Waals surface area contributed by atoms with Gasteiger partial charge < -0.3 is 34.3 Å². The molecule has 2 N–H and O–H groups in total. The van der Waals surface area contributed by atoms with Gasteiger partial charge >= 0.3 is 11.9 Å². The summed E-state index contributed by atoms with van der Waals surface area (Å²) >= 11 is 0. The second-order valence-corrected chi connectivity index (χ2v) is 12.8. The Labute approximate surface area is 267 Å². The number of rotatable bonds is 6. The van der Waals surface area contributed by atoms with Crippen molar-refractivity contribution in [2.45, 2.75) is 37.8 Å². The van der Waals surface area contributed by atoms with Crippen LogP contribution in [0.2, 0.25) is 0 Å². The number of hydrogen-bond acceptors (Lipinski definition) is 9. The van der Waals surface area contributed by atoms with E-state index in [9.17, 15) is 19.2 Å². The van der Waals surface area contributed by atoms with Gasteiger partial charge in [0.2, 0.25) is 10.9 Å². The molecule has 2 aliphatic heterocycles. The Hall–Kier alpha value is -4.62. The third-order valence-electron chi connectivity index (χ3n) is 9.62. The van der Waals surface area contributed by atoms with E-state index in [0.29, 0.717) is 74.8 Å². The summed E-state index contributed by atoms with van der Waals surface area (Å²) in [4.78, 5) is 57.9. The number of pyridine rings is 2. The highest BCUT2D eigenvalue weighted by molar-refractivity contribution is 6.05. The lowest BCUT2D eigenvalue weighted by Gasteiger charge is -2.30. The van der Waals surface area contributed by atoms with Crippen molar-refractivity contribution in [1.82, 2.24) is 19.8 Å². The van der Waals surface area contributed by atoms with E-state index in [1.54, 1.807) is 21.3 Å². The third-order valence-corrected chi connectivity index (χ3v) is 9.62. The van der Waals surface area contributed by atoms with Crippen molar-refractivity contribution in [1.29, 1.82) is 0 Å². The number of piperazine rings is 2. The van der Waals surface area contributed by atoms with E-state index in [-0.39, 0.29) is 22.9 Å². The zero-order valence-electron chi connectivity index (χ0n) is 25.7. The monoisotopic (exact) mass is 644 g/mol. The van der Waals surface area contributed by atoms with Crippen molar-refractivity contribution in [2.24, 2.45) is 0 Å². The van der Waals surface area contributed by atoms with Gasteiger partial charge in [-0.2, -0.15) is 0 Å². The van der Waals surface area contributed by atoms with Crippen LogP contribution in [0.1, 0.15) is 58.5 Å². The molecule has 4 heterocycles. The Balaban J connectivity index is 1.15. The van der Waals surface area contributed by atoms with Crippen molar-refractivity contribution in [3.8, 4) is 0 Å². The van der Waals surface area contributed by atoms with E-state index in [1.807, 2.05) is 9.80 Å².